The minimum Gasteiger partial charge on any atom is -0.410 e. The highest BCUT2D eigenvalue weighted by atomic mass is 32.1. The molecule has 0 fully saturated rings. The zero-order chi connectivity index (χ0) is 19.9. The molecule has 28 heavy (non-hydrogen) atoms. The van der Waals surface area contributed by atoms with Crippen molar-refractivity contribution in [2.24, 2.45) is 0 Å². The van der Waals surface area contributed by atoms with Crippen LogP contribution in [-0.4, -0.2) is 31.6 Å². The number of nitrogens with one attached hydrogen (secondary N) is 1. The van der Waals surface area contributed by atoms with Crippen molar-refractivity contribution in [3.63, 3.8) is 0 Å². The van der Waals surface area contributed by atoms with Crippen LogP contribution in [0, 0.1) is 0 Å². The van der Waals surface area contributed by atoms with Gasteiger partial charge in [0.1, 0.15) is 11.9 Å². The van der Waals surface area contributed by atoms with E-state index in [0.717, 1.165) is 19.4 Å². The fourth-order valence-electron chi connectivity index (χ4n) is 3.84. The van der Waals surface area contributed by atoms with E-state index in [2.05, 4.69) is 59.0 Å². The lowest BCUT2D eigenvalue weighted by Gasteiger charge is -2.42. The molecule has 0 bridgehead atoms. The van der Waals surface area contributed by atoms with Gasteiger partial charge in [-0.25, -0.2) is 4.79 Å². The average Bonchev–Trinajstić information content (AvgIpc) is 3.18. The van der Waals surface area contributed by atoms with Gasteiger partial charge in [0.25, 0.3) is 0 Å². The number of carbonyl (C=O) groups excluding carboxylic acids is 1. The lowest BCUT2D eigenvalue weighted by molar-refractivity contribution is 0.199. The largest absolute Gasteiger partial charge is 0.412 e. The molecule has 1 aliphatic heterocycles. The molecule has 0 radical (unpaired) electrons. The Bertz CT molecular complexity index is 763. The first-order valence-corrected chi connectivity index (χ1v) is 11.1. The Hall–Kier alpha value is -2.05. The third-order valence-electron chi connectivity index (χ3n) is 5.24. The predicted octanol–water partition coefficient (Wildman–Crippen LogP) is 5.39. The van der Waals surface area contributed by atoms with E-state index in [1.807, 2.05) is 12.1 Å². The maximum Gasteiger partial charge on any atom is 0.412 e. The molecule has 1 atom stereocenters. The number of rotatable bonds is 8. The molecule has 1 aromatic carbocycles. The number of fused-ring (bicyclic) bond motifs is 1. The molecule has 0 saturated heterocycles. The van der Waals surface area contributed by atoms with Crippen LogP contribution in [0.5, 0.6) is 5.75 Å². The molecule has 2 aromatic rings. The normalized spacial score (nSPS) is 16.7. The monoisotopic (exact) mass is 401 g/mol. The molecule has 1 N–H and O–H groups in total. The Kier molecular flexibility index (Phi) is 7.34. The van der Waals surface area contributed by atoms with Gasteiger partial charge in [-0.2, -0.15) is 11.3 Å². The number of benzene rings is 1. The highest BCUT2D eigenvalue weighted by molar-refractivity contribution is 7.08. The summed E-state index contributed by atoms with van der Waals surface area (Å²) in [6, 6.07) is 8.09. The van der Waals surface area contributed by atoms with Gasteiger partial charge in [-0.3, -0.25) is 4.90 Å². The van der Waals surface area contributed by atoms with Crippen LogP contribution in [0.4, 0.5) is 10.5 Å². The molecule has 2 heterocycles. The molecule has 0 saturated carbocycles. The van der Waals surface area contributed by atoms with Crippen LogP contribution in [0.3, 0.4) is 0 Å². The summed E-state index contributed by atoms with van der Waals surface area (Å²) in [6.07, 6.45) is 5.72. The number of unbranched alkanes of at least 4 members (excludes halogenated alkanes) is 4. The number of ether oxygens (including phenoxy) is 1. The second kappa shape index (κ2) is 9.94. The van der Waals surface area contributed by atoms with Gasteiger partial charge in [0.05, 0.1) is 0 Å². The van der Waals surface area contributed by atoms with Gasteiger partial charge in [-0.1, -0.05) is 32.6 Å². The van der Waals surface area contributed by atoms with E-state index >= 15 is 0 Å². The highest BCUT2D eigenvalue weighted by Crippen LogP contribution is 2.38. The number of anilines is 1. The minimum atomic E-state index is -0.371. The summed E-state index contributed by atoms with van der Waals surface area (Å²) in [6.45, 7) is 3.68. The van der Waals surface area contributed by atoms with Crippen LogP contribution in [0.25, 0.3) is 0 Å². The summed E-state index contributed by atoms with van der Waals surface area (Å²) in [5, 5.41) is 7.17. The van der Waals surface area contributed by atoms with Gasteiger partial charge < -0.3 is 15.0 Å². The highest BCUT2D eigenvalue weighted by Gasteiger charge is 2.29. The van der Waals surface area contributed by atoms with Gasteiger partial charge >= 0.3 is 6.09 Å². The van der Waals surface area contributed by atoms with E-state index in [1.165, 1.54) is 36.1 Å². The quantitative estimate of drug-likeness (QED) is 0.603. The van der Waals surface area contributed by atoms with Crippen molar-refractivity contribution in [1.29, 1.82) is 0 Å². The second-order valence-corrected chi connectivity index (χ2v) is 8.26. The molecular weight excluding hydrogens is 370 g/mol. The molecule has 0 aliphatic carbocycles. The molecule has 152 valence electrons. The predicted molar refractivity (Wildman–Crippen MR) is 116 cm³/mol. The summed E-state index contributed by atoms with van der Waals surface area (Å²) in [7, 11) is 4.24. The third-order valence-corrected chi connectivity index (χ3v) is 5.94. The average molecular weight is 402 g/mol. The van der Waals surface area contributed by atoms with Gasteiger partial charge in [0.15, 0.2) is 0 Å². The molecule has 6 heteroatoms. The molecule has 1 unspecified atom stereocenters. The van der Waals surface area contributed by atoms with Crippen LogP contribution in [0.2, 0.25) is 0 Å². The maximum atomic E-state index is 12.1. The Morgan fingerprint density at radius 2 is 2.04 bits per heavy atom. The van der Waals surface area contributed by atoms with Crippen LogP contribution in [-0.2, 0) is 6.54 Å². The van der Waals surface area contributed by atoms with Gasteiger partial charge in [0, 0.05) is 25.8 Å². The van der Waals surface area contributed by atoms with Gasteiger partial charge in [0.2, 0.25) is 0 Å². The Morgan fingerprint density at radius 1 is 1.21 bits per heavy atom. The van der Waals surface area contributed by atoms with Crippen molar-refractivity contribution in [1.82, 2.24) is 10.2 Å². The van der Waals surface area contributed by atoms with E-state index in [9.17, 15) is 4.79 Å². The first-order valence-electron chi connectivity index (χ1n) is 10.1. The van der Waals surface area contributed by atoms with E-state index in [4.69, 9.17) is 4.74 Å². The van der Waals surface area contributed by atoms with Crippen molar-refractivity contribution < 1.29 is 9.53 Å². The summed E-state index contributed by atoms with van der Waals surface area (Å²) < 4.78 is 5.49. The summed E-state index contributed by atoms with van der Waals surface area (Å²) in [5.41, 5.74) is 3.65. The van der Waals surface area contributed by atoms with Gasteiger partial charge in [-0.05, 0) is 59.6 Å². The van der Waals surface area contributed by atoms with E-state index < -0.39 is 0 Å². The lowest BCUT2D eigenvalue weighted by Crippen LogP contribution is -2.41. The Morgan fingerprint density at radius 3 is 2.79 bits per heavy atom. The van der Waals surface area contributed by atoms with E-state index in [-0.39, 0.29) is 12.3 Å². The van der Waals surface area contributed by atoms with Crippen molar-refractivity contribution in [3.05, 3.63) is 46.2 Å². The maximum absolute atomic E-state index is 12.1. The van der Waals surface area contributed by atoms with Gasteiger partial charge in [-0.15, -0.1) is 0 Å². The number of nitrogens with zero attached hydrogens (tertiary/aromatic N) is 2. The van der Waals surface area contributed by atoms with Crippen LogP contribution < -0.4 is 15.0 Å². The molecule has 3 rings (SSSR count). The van der Waals surface area contributed by atoms with Crippen molar-refractivity contribution >= 4 is 23.1 Å². The van der Waals surface area contributed by atoms with E-state index in [0.29, 0.717) is 12.3 Å². The Labute approximate surface area is 172 Å². The molecule has 1 aromatic heterocycles. The molecular formula is C22H31N3O2S. The molecule has 5 nitrogen and oxygen atoms in total. The summed E-state index contributed by atoms with van der Waals surface area (Å²) >= 11 is 1.72. The van der Waals surface area contributed by atoms with Crippen molar-refractivity contribution in [2.45, 2.75) is 51.7 Å². The Balaban J connectivity index is 1.57. The lowest BCUT2D eigenvalue weighted by atomic mass is 10.0. The number of carbonyl (C=O) groups is 1. The number of hydrogen-bond donors (Lipinski definition) is 1. The van der Waals surface area contributed by atoms with Crippen LogP contribution in [0.15, 0.2) is 35.0 Å². The number of hydrogen-bond acceptors (Lipinski definition) is 5. The third kappa shape index (κ3) is 5.06. The first kappa shape index (κ1) is 20.7. The zero-order valence-corrected chi connectivity index (χ0v) is 17.9. The van der Waals surface area contributed by atoms with E-state index in [1.54, 1.807) is 11.3 Å². The zero-order valence-electron chi connectivity index (χ0n) is 17.1. The number of thiophene rings is 1. The van der Waals surface area contributed by atoms with Crippen LogP contribution in [0.1, 0.15) is 56.3 Å². The standard InChI is InChI=1S/C22H31N3O2S/c1-4-5-6-7-8-12-23-22(26)27-19-9-10-20-18(14-19)15-24(2)21(25(20)3)17-11-13-28-16-17/h9-11,13-14,16,21H,4-8,12,15H2,1-3H3,(H,23,26). The van der Waals surface area contributed by atoms with Crippen molar-refractivity contribution in [2.75, 3.05) is 25.5 Å². The fraction of sp³-hybridized carbons (Fsp3) is 0.500. The molecule has 0 spiro atoms. The minimum absolute atomic E-state index is 0.224. The second-order valence-electron chi connectivity index (χ2n) is 7.48. The van der Waals surface area contributed by atoms with Crippen LogP contribution >= 0.6 is 11.3 Å². The van der Waals surface area contributed by atoms with Crippen molar-refractivity contribution in [3.8, 4) is 5.75 Å². The molecule has 1 amide bonds. The first-order chi connectivity index (χ1) is 13.6. The fourth-order valence-corrected chi connectivity index (χ4v) is 4.51. The molecule has 1 aliphatic rings. The summed E-state index contributed by atoms with van der Waals surface area (Å²) in [5.74, 6) is 0.595. The topological polar surface area (TPSA) is 44.8 Å². The SMILES string of the molecule is CCCCCCCNC(=O)Oc1ccc2c(c1)CN(C)C(c1ccsc1)N2C. The smallest absolute Gasteiger partial charge is 0.410 e. The number of amides is 1. The summed E-state index contributed by atoms with van der Waals surface area (Å²) in [4.78, 5) is 16.6.